The number of aliphatic hydroxyl groups is 1. The SMILES string of the molecule is CSc1ncccc1C(=O)N1CC(O)(C(C)C)C1. The number of β-amino-alcohol motifs (C(OH)–C–C–N with tert-alkyl or cyclic N) is 1. The zero-order chi connectivity index (χ0) is 13.3. The maximum atomic E-state index is 12.3. The zero-order valence-corrected chi connectivity index (χ0v) is 11.7. The van der Waals surface area contributed by atoms with Crippen molar-refractivity contribution in [1.82, 2.24) is 9.88 Å². The number of likely N-dealkylation sites (tertiary alicyclic amines) is 1. The van der Waals surface area contributed by atoms with Crippen molar-refractivity contribution in [2.75, 3.05) is 19.3 Å². The highest BCUT2D eigenvalue weighted by Gasteiger charge is 2.46. The van der Waals surface area contributed by atoms with Crippen LogP contribution in [-0.4, -0.2) is 45.8 Å². The van der Waals surface area contributed by atoms with Crippen LogP contribution in [-0.2, 0) is 0 Å². The minimum atomic E-state index is -0.725. The molecule has 1 aliphatic heterocycles. The van der Waals surface area contributed by atoms with E-state index in [0.717, 1.165) is 5.03 Å². The third-order valence-electron chi connectivity index (χ3n) is 3.49. The molecule has 98 valence electrons. The molecule has 1 aromatic heterocycles. The molecule has 2 rings (SSSR count). The van der Waals surface area contributed by atoms with E-state index in [0.29, 0.717) is 18.7 Å². The average molecular weight is 266 g/mol. The molecule has 0 aliphatic carbocycles. The van der Waals surface area contributed by atoms with Crippen molar-refractivity contribution in [2.24, 2.45) is 5.92 Å². The summed E-state index contributed by atoms with van der Waals surface area (Å²) < 4.78 is 0. The molecule has 2 heterocycles. The third kappa shape index (κ3) is 2.24. The minimum Gasteiger partial charge on any atom is -0.386 e. The number of amides is 1. The molecule has 4 nitrogen and oxygen atoms in total. The Bertz CT molecular complexity index is 456. The summed E-state index contributed by atoms with van der Waals surface area (Å²) in [5.41, 5.74) is -0.104. The Morgan fingerprint density at radius 1 is 1.56 bits per heavy atom. The van der Waals surface area contributed by atoms with E-state index in [1.807, 2.05) is 20.1 Å². The number of carbonyl (C=O) groups excluding carboxylic acids is 1. The quantitative estimate of drug-likeness (QED) is 0.845. The molecule has 1 N–H and O–H groups in total. The molecular weight excluding hydrogens is 248 g/mol. The normalized spacial score (nSPS) is 17.7. The lowest BCUT2D eigenvalue weighted by Crippen LogP contribution is -2.66. The van der Waals surface area contributed by atoms with Crippen LogP contribution in [0.15, 0.2) is 23.4 Å². The Kier molecular flexibility index (Phi) is 3.64. The third-order valence-corrected chi connectivity index (χ3v) is 4.20. The van der Waals surface area contributed by atoms with Crippen molar-refractivity contribution in [1.29, 1.82) is 0 Å². The number of hydrogen-bond acceptors (Lipinski definition) is 4. The Balaban J connectivity index is 2.11. The van der Waals surface area contributed by atoms with E-state index in [4.69, 9.17) is 0 Å². The monoisotopic (exact) mass is 266 g/mol. The number of hydrogen-bond donors (Lipinski definition) is 1. The molecular formula is C13H18N2O2S. The van der Waals surface area contributed by atoms with Gasteiger partial charge in [0.25, 0.3) is 5.91 Å². The maximum absolute atomic E-state index is 12.3. The second-order valence-electron chi connectivity index (χ2n) is 4.98. The van der Waals surface area contributed by atoms with Crippen molar-refractivity contribution in [2.45, 2.75) is 24.5 Å². The lowest BCUT2D eigenvalue weighted by Gasteiger charge is -2.49. The van der Waals surface area contributed by atoms with Gasteiger partial charge in [0.1, 0.15) is 10.6 Å². The number of rotatable bonds is 3. The fourth-order valence-corrected chi connectivity index (χ4v) is 2.55. The summed E-state index contributed by atoms with van der Waals surface area (Å²) in [5.74, 6) is 0.119. The highest BCUT2D eigenvalue weighted by atomic mass is 32.2. The van der Waals surface area contributed by atoms with Crippen LogP contribution in [0.4, 0.5) is 0 Å². The van der Waals surface area contributed by atoms with Gasteiger partial charge in [0.15, 0.2) is 0 Å². The van der Waals surface area contributed by atoms with Crippen LogP contribution in [0.3, 0.4) is 0 Å². The molecule has 0 bridgehead atoms. The molecule has 0 radical (unpaired) electrons. The molecule has 1 amide bonds. The van der Waals surface area contributed by atoms with E-state index in [1.165, 1.54) is 11.8 Å². The Morgan fingerprint density at radius 3 is 2.78 bits per heavy atom. The van der Waals surface area contributed by atoms with Crippen LogP contribution in [0.1, 0.15) is 24.2 Å². The predicted molar refractivity (Wildman–Crippen MR) is 71.7 cm³/mol. The number of carbonyl (C=O) groups is 1. The average Bonchev–Trinajstić information content (AvgIpc) is 2.33. The van der Waals surface area contributed by atoms with Gasteiger partial charge in [0, 0.05) is 6.20 Å². The smallest absolute Gasteiger partial charge is 0.256 e. The predicted octanol–water partition coefficient (Wildman–Crippen LogP) is 1.65. The molecule has 5 heteroatoms. The van der Waals surface area contributed by atoms with Gasteiger partial charge in [-0.2, -0.15) is 0 Å². The number of thioether (sulfide) groups is 1. The molecule has 0 atom stereocenters. The highest BCUT2D eigenvalue weighted by Crippen LogP contribution is 2.30. The molecule has 0 unspecified atom stereocenters. The second-order valence-corrected chi connectivity index (χ2v) is 5.77. The summed E-state index contributed by atoms with van der Waals surface area (Å²) in [6.45, 7) is 4.76. The van der Waals surface area contributed by atoms with Gasteiger partial charge in [-0.3, -0.25) is 4.79 Å². The first kappa shape index (κ1) is 13.4. The molecule has 0 aromatic carbocycles. The van der Waals surface area contributed by atoms with E-state index in [1.54, 1.807) is 23.2 Å². The van der Waals surface area contributed by atoms with E-state index in [9.17, 15) is 9.90 Å². The fourth-order valence-electron chi connectivity index (χ4n) is 2.01. The van der Waals surface area contributed by atoms with Gasteiger partial charge in [-0.05, 0) is 24.3 Å². The van der Waals surface area contributed by atoms with Gasteiger partial charge in [-0.25, -0.2) is 4.98 Å². The molecule has 18 heavy (non-hydrogen) atoms. The van der Waals surface area contributed by atoms with Crippen molar-refractivity contribution >= 4 is 17.7 Å². The van der Waals surface area contributed by atoms with Crippen molar-refractivity contribution in [3.05, 3.63) is 23.9 Å². The summed E-state index contributed by atoms with van der Waals surface area (Å²) >= 11 is 1.46. The first-order valence-corrected chi connectivity index (χ1v) is 7.21. The van der Waals surface area contributed by atoms with Crippen LogP contribution < -0.4 is 0 Å². The fraction of sp³-hybridized carbons (Fsp3) is 0.538. The standard InChI is InChI=1S/C13H18N2O2S/c1-9(2)13(17)7-15(8-13)12(16)10-5-4-6-14-11(10)18-3/h4-6,9,17H,7-8H2,1-3H3. The van der Waals surface area contributed by atoms with E-state index in [-0.39, 0.29) is 11.8 Å². The molecule has 1 saturated heterocycles. The molecule has 0 spiro atoms. The van der Waals surface area contributed by atoms with Crippen molar-refractivity contribution in [3.8, 4) is 0 Å². The van der Waals surface area contributed by atoms with E-state index in [2.05, 4.69) is 4.98 Å². The Labute approximate surface area is 111 Å². The van der Waals surface area contributed by atoms with Gasteiger partial charge < -0.3 is 10.0 Å². The summed E-state index contributed by atoms with van der Waals surface area (Å²) in [6, 6.07) is 3.55. The first-order valence-electron chi connectivity index (χ1n) is 5.98. The van der Waals surface area contributed by atoms with Crippen LogP contribution in [0, 0.1) is 5.92 Å². The molecule has 1 aromatic rings. The first-order chi connectivity index (χ1) is 8.48. The summed E-state index contributed by atoms with van der Waals surface area (Å²) in [7, 11) is 0. The number of nitrogens with zero attached hydrogens (tertiary/aromatic N) is 2. The summed E-state index contributed by atoms with van der Waals surface area (Å²) in [6.07, 6.45) is 3.59. The number of aromatic nitrogens is 1. The van der Waals surface area contributed by atoms with Gasteiger partial charge >= 0.3 is 0 Å². The van der Waals surface area contributed by atoms with E-state index >= 15 is 0 Å². The van der Waals surface area contributed by atoms with E-state index < -0.39 is 5.60 Å². The number of pyridine rings is 1. The maximum Gasteiger partial charge on any atom is 0.256 e. The topological polar surface area (TPSA) is 53.4 Å². The van der Waals surface area contributed by atoms with Gasteiger partial charge in [0.05, 0.1) is 18.7 Å². The van der Waals surface area contributed by atoms with Crippen LogP contribution >= 0.6 is 11.8 Å². The van der Waals surface area contributed by atoms with Gasteiger partial charge in [0.2, 0.25) is 0 Å². The zero-order valence-electron chi connectivity index (χ0n) is 10.9. The second kappa shape index (κ2) is 4.90. The Hall–Kier alpha value is -1.07. The molecule has 1 fully saturated rings. The molecule has 1 aliphatic rings. The summed E-state index contributed by atoms with van der Waals surface area (Å²) in [5, 5.41) is 10.9. The molecule has 0 saturated carbocycles. The minimum absolute atomic E-state index is 0.0437. The largest absolute Gasteiger partial charge is 0.386 e. The van der Waals surface area contributed by atoms with Gasteiger partial charge in [-0.15, -0.1) is 11.8 Å². The lowest BCUT2D eigenvalue weighted by molar-refractivity contribution is -0.111. The van der Waals surface area contributed by atoms with Crippen LogP contribution in [0.2, 0.25) is 0 Å². The highest BCUT2D eigenvalue weighted by molar-refractivity contribution is 7.98. The summed E-state index contributed by atoms with van der Waals surface area (Å²) in [4.78, 5) is 18.1. The van der Waals surface area contributed by atoms with Crippen molar-refractivity contribution in [3.63, 3.8) is 0 Å². The van der Waals surface area contributed by atoms with Gasteiger partial charge in [-0.1, -0.05) is 13.8 Å². The van der Waals surface area contributed by atoms with Crippen LogP contribution in [0.25, 0.3) is 0 Å². The van der Waals surface area contributed by atoms with Crippen molar-refractivity contribution < 1.29 is 9.90 Å². The van der Waals surface area contributed by atoms with Crippen LogP contribution in [0.5, 0.6) is 0 Å². The Morgan fingerprint density at radius 2 is 2.22 bits per heavy atom. The lowest BCUT2D eigenvalue weighted by atomic mass is 9.83.